The first-order chi connectivity index (χ1) is 24.8. The largest absolute Gasteiger partial charge is 0.305 e. The summed E-state index contributed by atoms with van der Waals surface area (Å²) >= 11 is 0. The summed E-state index contributed by atoms with van der Waals surface area (Å²) in [6.45, 7) is 0. The Kier molecular flexibility index (Phi) is 11.9. The van der Waals surface area contributed by atoms with Crippen LogP contribution in [0.25, 0.3) is 66.6 Å². The molecule has 4 nitrogen and oxygen atoms in total. The predicted molar refractivity (Wildman–Crippen MR) is 205 cm³/mol. The second-order valence-electron chi connectivity index (χ2n) is 11.3. The van der Waals surface area contributed by atoms with E-state index in [0.29, 0.717) is 0 Å². The van der Waals surface area contributed by atoms with Gasteiger partial charge in [0.2, 0.25) is 0 Å². The maximum absolute atomic E-state index is 4.67. The number of hydrogen-bond donors (Lipinski definition) is 0. The van der Waals surface area contributed by atoms with Crippen LogP contribution in [0.5, 0.6) is 0 Å². The monoisotopic (exact) mass is 833 g/mol. The number of benzene rings is 5. The molecule has 0 unspecified atom stereocenters. The van der Waals surface area contributed by atoms with Gasteiger partial charge in [0, 0.05) is 55.7 Å². The Labute approximate surface area is 312 Å². The van der Waals surface area contributed by atoms with Gasteiger partial charge in [-0.2, -0.15) is 0 Å². The van der Waals surface area contributed by atoms with Gasteiger partial charge in [0.25, 0.3) is 0 Å². The first-order valence-corrected chi connectivity index (χ1v) is 16.4. The molecule has 5 aromatic carbocycles. The molecule has 0 aliphatic heterocycles. The number of fused-ring (bicyclic) bond motifs is 3. The maximum Gasteiger partial charge on any atom is 0.0970 e. The predicted octanol–water partition coefficient (Wildman–Crippen LogP) is 11.2. The average molecular weight is 833 g/mol. The fourth-order valence-electron chi connectivity index (χ4n) is 5.72. The van der Waals surface area contributed by atoms with Gasteiger partial charge in [-0.05, 0) is 57.9 Å². The molecular weight excluding hydrogens is 801 g/mol. The second kappa shape index (κ2) is 17.5. The van der Waals surface area contributed by atoms with Crippen LogP contribution in [0.3, 0.4) is 0 Å². The van der Waals surface area contributed by atoms with Gasteiger partial charge >= 0.3 is 0 Å². The van der Waals surface area contributed by atoms with Crippen molar-refractivity contribution < 1.29 is 20.1 Å². The Morgan fingerprint density at radius 1 is 0.333 bits per heavy atom. The molecule has 0 aliphatic rings. The van der Waals surface area contributed by atoms with Crippen molar-refractivity contribution in [3.05, 3.63) is 207 Å². The molecule has 0 amide bonds. The first-order valence-electron chi connectivity index (χ1n) is 16.4. The SMILES string of the molecule is [Ir].[c-]1ccccc1-c1ccccn1.[c-]1ccccc1-c1ccccn1.c1ccc(-c2ccnc3c2ccc2c(-c4ccccc4)ccnc23)cc1. The zero-order valence-electron chi connectivity index (χ0n) is 27.6. The van der Waals surface area contributed by atoms with Gasteiger partial charge in [0.05, 0.1) is 11.0 Å². The van der Waals surface area contributed by atoms with E-state index in [-0.39, 0.29) is 20.1 Å². The van der Waals surface area contributed by atoms with Crippen molar-refractivity contribution in [2.24, 2.45) is 0 Å². The van der Waals surface area contributed by atoms with Gasteiger partial charge in [-0.1, -0.05) is 97.1 Å². The molecule has 0 N–H and O–H groups in total. The Morgan fingerprint density at radius 3 is 1.12 bits per heavy atom. The van der Waals surface area contributed by atoms with E-state index in [4.69, 9.17) is 0 Å². The molecular formula is C46H32IrN4-2. The van der Waals surface area contributed by atoms with E-state index in [1.165, 1.54) is 22.3 Å². The van der Waals surface area contributed by atoms with Crippen molar-refractivity contribution in [2.45, 2.75) is 0 Å². The number of hydrogen-bond acceptors (Lipinski definition) is 4. The van der Waals surface area contributed by atoms with Gasteiger partial charge in [-0.25, -0.2) is 0 Å². The number of nitrogens with zero attached hydrogens (tertiary/aromatic N) is 4. The van der Waals surface area contributed by atoms with E-state index in [9.17, 15) is 0 Å². The molecule has 4 heterocycles. The maximum atomic E-state index is 4.67. The van der Waals surface area contributed by atoms with E-state index in [0.717, 1.165) is 44.3 Å². The van der Waals surface area contributed by atoms with Crippen molar-refractivity contribution in [1.29, 1.82) is 0 Å². The van der Waals surface area contributed by atoms with Crippen LogP contribution in [0.15, 0.2) is 195 Å². The van der Waals surface area contributed by atoms with Crippen molar-refractivity contribution >= 4 is 21.8 Å². The van der Waals surface area contributed by atoms with Crippen LogP contribution >= 0.6 is 0 Å². The second-order valence-corrected chi connectivity index (χ2v) is 11.3. The van der Waals surface area contributed by atoms with Crippen LogP contribution in [-0.2, 0) is 20.1 Å². The van der Waals surface area contributed by atoms with Gasteiger partial charge in [0.15, 0.2) is 0 Å². The third-order valence-electron chi connectivity index (χ3n) is 8.09. The molecule has 0 aliphatic carbocycles. The van der Waals surface area contributed by atoms with E-state index < -0.39 is 0 Å². The standard InChI is InChI=1S/C24H16N2.2C11H8N.Ir/c1-3-7-17(8-4-1)19-13-15-25-23-21(19)11-12-22-20(14-16-26-24(22)23)18-9-5-2-6-10-18;2*1-2-6-10(7-3-1)11-8-4-5-9-12-11;/h1-16H;2*1-6,8-9H;/q;2*-1;. The quantitative estimate of drug-likeness (QED) is 0.131. The topological polar surface area (TPSA) is 51.6 Å². The van der Waals surface area contributed by atoms with Crippen LogP contribution in [0, 0.1) is 12.1 Å². The van der Waals surface area contributed by atoms with Gasteiger partial charge in [0.1, 0.15) is 0 Å². The molecule has 1 radical (unpaired) electrons. The first kappa shape index (κ1) is 34.7. The Hall–Kier alpha value is -6.13. The van der Waals surface area contributed by atoms with Crippen LogP contribution in [0.1, 0.15) is 0 Å². The molecule has 0 atom stereocenters. The van der Waals surface area contributed by atoms with E-state index in [1.807, 2.05) is 109 Å². The number of rotatable bonds is 4. The molecule has 0 saturated heterocycles. The summed E-state index contributed by atoms with van der Waals surface area (Å²) in [5.41, 5.74) is 10.7. The fourth-order valence-corrected chi connectivity index (χ4v) is 5.72. The molecule has 247 valence electrons. The molecule has 0 saturated carbocycles. The Morgan fingerprint density at radius 2 is 0.745 bits per heavy atom. The van der Waals surface area contributed by atoms with E-state index >= 15 is 0 Å². The number of aromatic nitrogens is 4. The normalized spacial score (nSPS) is 10.2. The minimum atomic E-state index is 0. The minimum absolute atomic E-state index is 0. The van der Waals surface area contributed by atoms with Crippen molar-refractivity contribution in [2.75, 3.05) is 0 Å². The summed E-state index contributed by atoms with van der Waals surface area (Å²) < 4.78 is 0. The summed E-state index contributed by atoms with van der Waals surface area (Å²) in [6.07, 6.45) is 7.33. The summed E-state index contributed by atoms with van der Waals surface area (Å²) in [5.74, 6) is 0. The van der Waals surface area contributed by atoms with Crippen molar-refractivity contribution in [1.82, 2.24) is 19.9 Å². The fraction of sp³-hybridized carbons (Fsp3) is 0. The third-order valence-corrected chi connectivity index (χ3v) is 8.09. The smallest absolute Gasteiger partial charge is 0.0970 e. The summed E-state index contributed by atoms with van der Waals surface area (Å²) in [4.78, 5) is 17.8. The summed E-state index contributed by atoms with van der Waals surface area (Å²) in [5, 5.41) is 2.26. The minimum Gasteiger partial charge on any atom is -0.305 e. The third kappa shape index (κ3) is 8.54. The van der Waals surface area contributed by atoms with Gasteiger partial charge < -0.3 is 9.97 Å². The Bertz CT molecular complexity index is 2140. The molecule has 9 rings (SSSR count). The van der Waals surface area contributed by atoms with Crippen LogP contribution in [-0.4, -0.2) is 19.9 Å². The molecule has 4 aromatic heterocycles. The van der Waals surface area contributed by atoms with E-state index in [1.54, 1.807) is 12.4 Å². The van der Waals surface area contributed by atoms with Crippen LogP contribution in [0.4, 0.5) is 0 Å². The van der Waals surface area contributed by atoms with Crippen molar-refractivity contribution in [3.8, 4) is 44.8 Å². The zero-order chi connectivity index (χ0) is 33.8. The molecule has 5 heteroatoms. The number of pyridine rings is 4. The molecule has 0 bridgehead atoms. The van der Waals surface area contributed by atoms with Crippen LogP contribution < -0.4 is 0 Å². The molecule has 51 heavy (non-hydrogen) atoms. The summed E-state index contributed by atoms with van der Waals surface area (Å²) in [6, 6.07) is 63.0. The van der Waals surface area contributed by atoms with Gasteiger partial charge in [-0.3, -0.25) is 9.97 Å². The van der Waals surface area contributed by atoms with Crippen molar-refractivity contribution in [3.63, 3.8) is 0 Å². The molecule has 9 aromatic rings. The Balaban J connectivity index is 0.000000149. The molecule has 0 spiro atoms. The zero-order valence-corrected chi connectivity index (χ0v) is 30.0. The average Bonchev–Trinajstić information content (AvgIpc) is 3.23. The summed E-state index contributed by atoms with van der Waals surface area (Å²) in [7, 11) is 0. The van der Waals surface area contributed by atoms with Crippen LogP contribution in [0.2, 0.25) is 0 Å². The molecule has 0 fully saturated rings. The van der Waals surface area contributed by atoms with E-state index in [2.05, 4.69) is 105 Å². The van der Waals surface area contributed by atoms with Gasteiger partial charge in [-0.15, -0.1) is 71.8 Å².